The monoisotopic (exact) mass is 320 g/mol. The van der Waals surface area contributed by atoms with Gasteiger partial charge in [0.15, 0.2) is 0 Å². The lowest BCUT2D eigenvalue weighted by Crippen LogP contribution is -2.15. The van der Waals surface area contributed by atoms with Crippen LogP contribution < -0.4 is 0 Å². The molecule has 2 rings (SSSR count). The molecule has 1 aromatic rings. The Morgan fingerprint density at radius 1 is 1.47 bits per heavy atom. The zero-order chi connectivity index (χ0) is 12.6. The van der Waals surface area contributed by atoms with Crippen molar-refractivity contribution in [2.75, 3.05) is 0 Å². The first-order valence-corrected chi connectivity index (χ1v) is 7.03. The van der Waals surface area contributed by atoms with E-state index in [0.29, 0.717) is 16.7 Å². The van der Waals surface area contributed by atoms with Crippen molar-refractivity contribution in [1.29, 1.82) is 0 Å². The van der Waals surface area contributed by atoms with Gasteiger partial charge in [-0.2, -0.15) is 0 Å². The molecule has 0 amide bonds. The fourth-order valence-corrected chi connectivity index (χ4v) is 3.31. The second-order valence-electron chi connectivity index (χ2n) is 4.59. The van der Waals surface area contributed by atoms with Crippen molar-refractivity contribution in [3.8, 4) is 0 Å². The number of hydrogen-bond acceptors (Lipinski definition) is 1. The third kappa shape index (κ3) is 2.83. The van der Waals surface area contributed by atoms with Gasteiger partial charge in [-0.25, -0.2) is 4.39 Å². The second kappa shape index (κ2) is 5.25. The molecular weight excluding hydrogens is 306 g/mol. The van der Waals surface area contributed by atoms with E-state index >= 15 is 0 Å². The Morgan fingerprint density at radius 3 is 2.76 bits per heavy atom. The van der Waals surface area contributed by atoms with Gasteiger partial charge < -0.3 is 4.74 Å². The minimum atomic E-state index is -0.265. The van der Waals surface area contributed by atoms with E-state index in [9.17, 15) is 4.39 Å². The molecule has 17 heavy (non-hydrogen) atoms. The van der Waals surface area contributed by atoms with Crippen LogP contribution in [0.25, 0.3) is 0 Å². The number of aryl methyl sites for hydroxylation is 1. The van der Waals surface area contributed by atoms with Crippen LogP contribution in [0.15, 0.2) is 12.1 Å². The molecule has 3 unspecified atom stereocenters. The second-order valence-corrected chi connectivity index (χ2v) is 5.98. The molecular formula is C13H15BrClFO. The fourth-order valence-electron chi connectivity index (χ4n) is 2.14. The summed E-state index contributed by atoms with van der Waals surface area (Å²) in [6.07, 6.45) is 2.47. The van der Waals surface area contributed by atoms with Crippen LogP contribution in [0.2, 0.25) is 5.02 Å². The molecule has 1 saturated heterocycles. The minimum Gasteiger partial charge on any atom is -0.374 e. The van der Waals surface area contributed by atoms with Crippen molar-refractivity contribution in [2.24, 2.45) is 0 Å². The number of halogens is 3. The van der Waals surface area contributed by atoms with Crippen molar-refractivity contribution in [3.63, 3.8) is 0 Å². The van der Waals surface area contributed by atoms with Crippen LogP contribution in [-0.2, 0) is 4.74 Å². The maximum atomic E-state index is 13.3. The first-order valence-electron chi connectivity index (χ1n) is 5.74. The lowest BCUT2D eigenvalue weighted by molar-refractivity contribution is 0.0557. The number of alkyl halides is 1. The summed E-state index contributed by atoms with van der Waals surface area (Å²) in [5, 5.41) is 0.457. The lowest BCUT2D eigenvalue weighted by Gasteiger charge is -2.20. The van der Waals surface area contributed by atoms with Crippen molar-refractivity contribution < 1.29 is 9.13 Å². The summed E-state index contributed by atoms with van der Waals surface area (Å²) in [7, 11) is 0. The van der Waals surface area contributed by atoms with Gasteiger partial charge in [0.2, 0.25) is 0 Å². The molecule has 0 saturated carbocycles. The van der Waals surface area contributed by atoms with Crippen molar-refractivity contribution in [3.05, 3.63) is 34.1 Å². The van der Waals surface area contributed by atoms with Crippen LogP contribution in [0, 0.1) is 12.7 Å². The molecule has 1 aliphatic rings. The third-order valence-electron chi connectivity index (χ3n) is 3.17. The summed E-state index contributed by atoms with van der Waals surface area (Å²) in [4.78, 5) is 0.0271. The molecule has 1 aliphatic heterocycles. The summed E-state index contributed by atoms with van der Waals surface area (Å²) in [6, 6.07) is 3.17. The molecule has 94 valence electrons. The summed E-state index contributed by atoms with van der Waals surface area (Å²) in [5.41, 5.74) is 1.52. The summed E-state index contributed by atoms with van der Waals surface area (Å²) in [6.45, 7) is 3.81. The Hall–Kier alpha value is -0.120. The highest BCUT2D eigenvalue weighted by Gasteiger charge is 2.30. The Balaban J connectivity index is 2.24. The highest BCUT2D eigenvalue weighted by molar-refractivity contribution is 9.09. The molecule has 0 aliphatic carbocycles. The standard InChI is InChI=1S/C13H15BrClFO/c1-7-5-9(10(15)6-11(7)16)13(14)12-4-3-8(2)17-12/h5-6,8,12-13H,3-4H2,1-2H3. The Labute approximate surface area is 114 Å². The number of hydrogen-bond donors (Lipinski definition) is 0. The Bertz CT molecular complexity index is 424. The van der Waals surface area contributed by atoms with Crippen molar-refractivity contribution >= 4 is 27.5 Å². The molecule has 4 heteroatoms. The van der Waals surface area contributed by atoms with Gasteiger partial charge in [0, 0.05) is 5.02 Å². The van der Waals surface area contributed by atoms with Gasteiger partial charge in [-0.15, -0.1) is 0 Å². The topological polar surface area (TPSA) is 9.23 Å². The first-order chi connectivity index (χ1) is 7.99. The van der Waals surface area contributed by atoms with Crippen LogP contribution in [0.1, 0.15) is 35.7 Å². The number of benzene rings is 1. The normalized spacial score (nSPS) is 26.2. The molecule has 0 aromatic heterocycles. The predicted molar refractivity (Wildman–Crippen MR) is 71.4 cm³/mol. The average Bonchev–Trinajstić information content (AvgIpc) is 2.69. The van der Waals surface area contributed by atoms with Crippen LogP contribution in [0.5, 0.6) is 0 Å². The largest absolute Gasteiger partial charge is 0.374 e. The predicted octanol–water partition coefficient (Wildman–Crippen LogP) is 4.79. The average molecular weight is 322 g/mol. The quantitative estimate of drug-likeness (QED) is 0.712. The molecule has 1 heterocycles. The molecule has 1 fully saturated rings. The fraction of sp³-hybridized carbons (Fsp3) is 0.538. The van der Waals surface area contributed by atoms with Crippen LogP contribution >= 0.6 is 27.5 Å². The summed E-state index contributed by atoms with van der Waals surface area (Å²) < 4.78 is 19.1. The number of rotatable bonds is 2. The van der Waals surface area contributed by atoms with E-state index in [1.165, 1.54) is 6.07 Å². The zero-order valence-corrected chi connectivity index (χ0v) is 12.2. The Kier molecular flexibility index (Phi) is 4.11. The maximum Gasteiger partial charge on any atom is 0.127 e. The number of ether oxygens (including phenoxy) is 1. The van der Waals surface area contributed by atoms with E-state index in [4.69, 9.17) is 16.3 Å². The highest BCUT2D eigenvalue weighted by Crippen LogP contribution is 2.39. The van der Waals surface area contributed by atoms with Crippen molar-refractivity contribution in [1.82, 2.24) is 0 Å². The van der Waals surface area contributed by atoms with Crippen LogP contribution in [-0.4, -0.2) is 12.2 Å². The third-order valence-corrected chi connectivity index (χ3v) is 4.58. The van der Waals surface area contributed by atoms with Crippen LogP contribution in [0.4, 0.5) is 4.39 Å². The first kappa shape index (κ1) is 13.3. The zero-order valence-electron chi connectivity index (χ0n) is 9.84. The smallest absolute Gasteiger partial charge is 0.127 e. The van der Waals surface area contributed by atoms with Gasteiger partial charge in [-0.05, 0) is 43.9 Å². The van der Waals surface area contributed by atoms with Gasteiger partial charge in [-0.1, -0.05) is 33.6 Å². The summed E-state index contributed by atoms with van der Waals surface area (Å²) >= 11 is 9.70. The van der Waals surface area contributed by atoms with E-state index in [1.807, 2.05) is 0 Å². The van der Waals surface area contributed by atoms with Gasteiger partial charge in [-0.3, -0.25) is 0 Å². The molecule has 1 aromatic carbocycles. The minimum absolute atomic E-state index is 0.0271. The molecule has 0 N–H and O–H groups in total. The van der Waals surface area contributed by atoms with E-state index in [0.717, 1.165) is 18.4 Å². The van der Waals surface area contributed by atoms with Gasteiger partial charge in [0.25, 0.3) is 0 Å². The van der Waals surface area contributed by atoms with E-state index < -0.39 is 0 Å². The molecule has 1 nitrogen and oxygen atoms in total. The SMILES string of the molecule is Cc1cc(C(Br)C2CCC(C)O2)c(Cl)cc1F. The van der Waals surface area contributed by atoms with Crippen molar-refractivity contribution in [2.45, 2.75) is 43.7 Å². The van der Waals surface area contributed by atoms with Gasteiger partial charge in [0.1, 0.15) is 5.82 Å². The van der Waals surface area contributed by atoms with E-state index in [2.05, 4.69) is 22.9 Å². The Morgan fingerprint density at radius 2 is 2.18 bits per heavy atom. The maximum absolute atomic E-state index is 13.3. The summed E-state index contributed by atoms with van der Waals surface area (Å²) in [5.74, 6) is -0.265. The van der Waals surface area contributed by atoms with Gasteiger partial charge in [0.05, 0.1) is 17.0 Å². The molecule has 3 atom stereocenters. The van der Waals surface area contributed by atoms with E-state index in [1.54, 1.807) is 13.0 Å². The lowest BCUT2D eigenvalue weighted by atomic mass is 10.0. The molecule has 0 radical (unpaired) electrons. The van der Waals surface area contributed by atoms with Crippen LogP contribution in [0.3, 0.4) is 0 Å². The van der Waals surface area contributed by atoms with Gasteiger partial charge >= 0.3 is 0 Å². The van der Waals surface area contributed by atoms with E-state index in [-0.39, 0.29) is 16.7 Å². The molecule has 0 spiro atoms. The molecule has 0 bridgehead atoms. The highest BCUT2D eigenvalue weighted by atomic mass is 79.9.